The highest BCUT2D eigenvalue weighted by Crippen LogP contribution is 2.33. The molecule has 1 aromatic heterocycles. The van der Waals surface area contributed by atoms with Crippen LogP contribution in [-0.4, -0.2) is 29.4 Å². The van der Waals surface area contributed by atoms with Crippen LogP contribution in [0.25, 0.3) is 0 Å². The van der Waals surface area contributed by atoms with Gasteiger partial charge in [-0.1, -0.05) is 12.1 Å². The minimum Gasteiger partial charge on any atom is -0.476 e. The highest BCUT2D eigenvalue weighted by molar-refractivity contribution is 7.15. The second-order valence-electron chi connectivity index (χ2n) is 5.35. The number of hydrogen-bond donors (Lipinski definition) is 1. The summed E-state index contributed by atoms with van der Waals surface area (Å²) in [6.45, 7) is 5.51. The Morgan fingerprint density at radius 3 is 2.74 bits per heavy atom. The summed E-state index contributed by atoms with van der Waals surface area (Å²) < 4.78 is 5.75. The van der Waals surface area contributed by atoms with Gasteiger partial charge in [0.2, 0.25) is 5.91 Å². The van der Waals surface area contributed by atoms with Gasteiger partial charge in [-0.05, 0) is 26.0 Å². The maximum Gasteiger partial charge on any atom is 0.269 e. The zero-order chi connectivity index (χ0) is 16.6. The molecule has 120 valence electrons. The maximum atomic E-state index is 12.5. The molecular formula is C16H17N3O3S. The van der Waals surface area contributed by atoms with E-state index in [0.29, 0.717) is 16.6 Å². The predicted molar refractivity (Wildman–Crippen MR) is 89.1 cm³/mol. The van der Waals surface area contributed by atoms with Crippen molar-refractivity contribution in [3.05, 3.63) is 34.8 Å². The number of para-hydroxylation sites is 2. The van der Waals surface area contributed by atoms with Crippen LogP contribution in [0.1, 0.15) is 17.5 Å². The molecule has 2 aromatic rings. The predicted octanol–water partition coefficient (Wildman–Crippen LogP) is 2.51. The highest BCUT2D eigenvalue weighted by atomic mass is 32.1. The van der Waals surface area contributed by atoms with E-state index in [-0.39, 0.29) is 18.4 Å². The number of ether oxygens (including phenoxy) is 1. The van der Waals surface area contributed by atoms with Crippen molar-refractivity contribution in [1.82, 2.24) is 4.98 Å². The third-order valence-electron chi connectivity index (χ3n) is 3.70. The van der Waals surface area contributed by atoms with E-state index < -0.39 is 6.10 Å². The van der Waals surface area contributed by atoms with Gasteiger partial charge in [0.25, 0.3) is 5.91 Å². The number of nitrogens with one attached hydrogen (secondary N) is 1. The van der Waals surface area contributed by atoms with Crippen LogP contribution >= 0.6 is 11.3 Å². The first kappa shape index (κ1) is 15.5. The molecule has 7 heteroatoms. The molecule has 0 radical (unpaired) electrons. The van der Waals surface area contributed by atoms with Gasteiger partial charge >= 0.3 is 0 Å². The lowest BCUT2D eigenvalue weighted by atomic mass is 10.2. The standard InChI is InChI=1S/C16H17N3O3S/c1-9-10(2)23-16(17-9)18-15(21)14-8-19(11(3)20)12-6-4-5-7-13(12)22-14/h4-7,14H,8H2,1-3H3,(H,17,18,21)/t14-/m0/s1. The molecule has 0 unspecified atom stereocenters. The zero-order valence-corrected chi connectivity index (χ0v) is 13.9. The number of aryl methyl sites for hydroxylation is 2. The molecule has 0 saturated heterocycles. The topological polar surface area (TPSA) is 71.5 Å². The van der Waals surface area contributed by atoms with E-state index >= 15 is 0 Å². The number of thiazole rings is 1. The second kappa shape index (κ2) is 6.00. The van der Waals surface area contributed by atoms with Crippen molar-refractivity contribution in [2.45, 2.75) is 26.9 Å². The molecule has 2 amide bonds. The first-order valence-electron chi connectivity index (χ1n) is 7.24. The van der Waals surface area contributed by atoms with Gasteiger partial charge in [-0.2, -0.15) is 0 Å². The van der Waals surface area contributed by atoms with E-state index in [1.165, 1.54) is 18.3 Å². The molecule has 1 N–H and O–H groups in total. The average Bonchev–Trinajstić information content (AvgIpc) is 2.83. The molecular weight excluding hydrogens is 314 g/mol. The summed E-state index contributed by atoms with van der Waals surface area (Å²) >= 11 is 1.42. The summed E-state index contributed by atoms with van der Waals surface area (Å²) in [6.07, 6.45) is -0.765. The number of carbonyl (C=O) groups is 2. The first-order chi connectivity index (χ1) is 11.0. The molecule has 0 fully saturated rings. The Bertz CT molecular complexity index is 752. The molecule has 6 nitrogen and oxygen atoms in total. The van der Waals surface area contributed by atoms with Crippen LogP contribution in [0, 0.1) is 13.8 Å². The molecule has 1 atom stereocenters. The van der Waals surface area contributed by atoms with Crippen LogP contribution in [0.3, 0.4) is 0 Å². The molecule has 1 aliphatic heterocycles. The largest absolute Gasteiger partial charge is 0.476 e. The van der Waals surface area contributed by atoms with E-state index in [4.69, 9.17) is 4.74 Å². The average molecular weight is 331 g/mol. The number of nitrogens with zero attached hydrogens (tertiary/aromatic N) is 2. The lowest BCUT2D eigenvalue weighted by Crippen LogP contribution is -2.48. The van der Waals surface area contributed by atoms with Gasteiger partial charge in [0.05, 0.1) is 17.9 Å². The van der Waals surface area contributed by atoms with Crippen molar-refractivity contribution < 1.29 is 14.3 Å². The Morgan fingerprint density at radius 1 is 1.35 bits per heavy atom. The second-order valence-corrected chi connectivity index (χ2v) is 6.56. The summed E-state index contributed by atoms with van der Waals surface area (Å²) in [5, 5.41) is 3.31. The molecule has 3 rings (SSSR count). The SMILES string of the molecule is CC(=O)N1C[C@@H](C(=O)Nc2nc(C)c(C)s2)Oc2ccccc21. The van der Waals surface area contributed by atoms with E-state index in [1.807, 2.05) is 26.0 Å². The van der Waals surface area contributed by atoms with E-state index in [2.05, 4.69) is 10.3 Å². The van der Waals surface area contributed by atoms with E-state index in [1.54, 1.807) is 17.0 Å². The van der Waals surface area contributed by atoms with Crippen LogP contribution in [0.5, 0.6) is 5.75 Å². The fraction of sp³-hybridized carbons (Fsp3) is 0.312. The van der Waals surface area contributed by atoms with Gasteiger partial charge in [-0.15, -0.1) is 11.3 Å². The molecule has 0 spiro atoms. The van der Waals surface area contributed by atoms with Crippen LogP contribution in [0.4, 0.5) is 10.8 Å². The minimum atomic E-state index is -0.765. The van der Waals surface area contributed by atoms with Crippen LogP contribution in [-0.2, 0) is 9.59 Å². The third-order valence-corrected chi connectivity index (χ3v) is 4.69. The Balaban J connectivity index is 1.81. The summed E-state index contributed by atoms with van der Waals surface area (Å²) in [7, 11) is 0. The van der Waals surface area contributed by atoms with Crippen molar-refractivity contribution in [3.8, 4) is 5.75 Å². The Hall–Kier alpha value is -2.41. The third kappa shape index (κ3) is 3.05. The first-order valence-corrected chi connectivity index (χ1v) is 8.06. The van der Waals surface area contributed by atoms with Crippen LogP contribution in [0.2, 0.25) is 0 Å². The number of carbonyl (C=O) groups excluding carboxylic acids is 2. The molecule has 2 heterocycles. The number of rotatable bonds is 2. The molecule has 0 bridgehead atoms. The minimum absolute atomic E-state index is 0.125. The smallest absolute Gasteiger partial charge is 0.269 e. The Kier molecular flexibility index (Phi) is 4.04. The van der Waals surface area contributed by atoms with Crippen molar-refractivity contribution in [1.29, 1.82) is 0 Å². The van der Waals surface area contributed by atoms with Gasteiger partial charge in [0.1, 0.15) is 5.75 Å². The van der Waals surface area contributed by atoms with Gasteiger partial charge < -0.3 is 9.64 Å². The molecule has 23 heavy (non-hydrogen) atoms. The monoisotopic (exact) mass is 331 g/mol. The lowest BCUT2D eigenvalue weighted by molar-refractivity contribution is -0.123. The van der Waals surface area contributed by atoms with Crippen molar-refractivity contribution >= 4 is 34.0 Å². The maximum absolute atomic E-state index is 12.5. The number of benzene rings is 1. The molecule has 0 aliphatic carbocycles. The number of fused-ring (bicyclic) bond motifs is 1. The summed E-state index contributed by atoms with van der Waals surface area (Å²) in [5.74, 6) is 0.0968. The zero-order valence-electron chi connectivity index (χ0n) is 13.1. The number of amides is 2. The normalized spacial score (nSPS) is 16.5. The molecule has 1 aliphatic rings. The molecule has 1 aromatic carbocycles. The summed E-state index contributed by atoms with van der Waals surface area (Å²) in [5.41, 5.74) is 1.58. The number of aromatic nitrogens is 1. The van der Waals surface area contributed by atoms with Gasteiger partial charge in [-0.3, -0.25) is 14.9 Å². The summed E-state index contributed by atoms with van der Waals surface area (Å²) in [6, 6.07) is 7.20. The number of hydrogen-bond acceptors (Lipinski definition) is 5. The van der Waals surface area contributed by atoms with E-state index in [0.717, 1.165) is 10.6 Å². The van der Waals surface area contributed by atoms with Crippen molar-refractivity contribution in [3.63, 3.8) is 0 Å². The summed E-state index contributed by atoms with van der Waals surface area (Å²) in [4.78, 5) is 31.2. The lowest BCUT2D eigenvalue weighted by Gasteiger charge is -2.33. The Morgan fingerprint density at radius 2 is 2.09 bits per heavy atom. The van der Waals surface area contributed by atoms with E-state index in [9.17, 15) is 9.59 Å². The fourth-order valence-corrected chi connectivity index (χ4v) is 3.20. The quantitative estimate of drug-likeness (QED) is 0.918. The van der Waals surface area contributed by atoms with Gasteiger partial charge in [0.15, 0.2) is 11.2 Å². The van der Waals surface area contributed by atoms with Crippen molar-refractivity contribution in [2.75, 3.05) is 16.8 Å². The highest BCUT2D eigenvalue weighted by Gasteiger charge is 2.32. The van der Waals surface area contributed by atoms with Crippen molar-refractivity contribution in [2.24, 2.45) is 0 Å². The van der Waals surface area contributed by atoms with Gasteiger partial charge in [-0.25, -0.2) is 4.98 Å². The van der Waals surface area contributed by atoms with Crippen LogP contribution in [0.15, 0.2) is 24.3 Å². The van der Waals surface area contributed by atoms with Crippen LogP contribution < -0.4 is 15.0 Å². The van der Waals surface area contributed by atoms with Gasteiger partial charge in [0, 0.05) is 11.8 Å². The Labute approximate surface area is 138 Å². The molecule has 0 saturated carbocycles. The number of anilines is 2. The fourth-order valence-electron chi connectivity index (χ4n) is 2.38.